The molecule has 0 radical (unpaired) electrons. The maximum Gasteiger partial charge on any atom is 0.529 e. The van der Waals surface area contributed by atoms with Crippen molar-refractivity contribution in [1.82, 2.24) is 9.78 Å². The second-order valence-corrected chi connectivity index (χ2v) is 2.41. The molecule has 1 aromatic heterocycles. The molecule has 1 heterocycles. The summed E-state index contributed by atoms with van der Waals surface area (Å²) < 4.78 is 37.1. The van der Waals surface area contributed by atoms with Crippen LogP contribution in [0.2, 0.25) is 0 Å². The smallest absolute Gasteiger partial charge is 0.444 e. The van der Waals surface area contributed by atoms with Crippen molar-refractivity contribution in [2.45, 2.75) is 6.92 Å². The molecule has 0 bridgehead atoms. The van der Waals surface area contributed by atoms with Crippen LogP contribution in [0.25, 0.3) is 0 Å². The van der Waals surface area contributed by atoms with Gasteiger partial charge in [-0.1, -0.05) is 0 Å². The lowest BCUT2D eigenvalue weighted by Crippen LogP contribution is -2.35. The van der Waals surface area contributed by atoms with Crippen molar-refractivity contribution in [3.8, 4) is 0 Å². The third kappa shape index (κ3) is 1.55. The highest BCUT2D eigenvalue weighted by Gasteiger charge is 2.28. The zero-order chi connectivity index (χ0) is 8.65. The maximum atomic E-state index is 12.0. The molecule has 0 atom stereocenters. The summed E-state index contributed by atoms with van der Waals surface area (Å²) in [6.07, 6.45) is 0. The fraction of sp³-hybridized carbons (Fsp3) is 0.400. The van der Waals surface area contributed by atoms with Crippen LogP contribution in [-0.4, -0.2) is 16.8 Å². The summed E-state index contributed by atoms with van der Waals surface area (Å²) in [5.74, 6) is 0. The van der Waals surface area contributed by atoms with Crippen LogP contribution in [-0.2, 0) is 7.05 Å². The highest BCUT2D eigenvalue weighted by molar-refractivity contribution is 6.72. The molecule has 11 heavy (non-hydrogen) atoms. The second kappa shape index (κ2) is 2.28. The van der Waals surface area contributed by atoms with E-state index in [9.17, 15) is 12.9 Å². The molecule has 62 valence electrons. The van der Waals surface area contributed by atoms with Crippen molar-refractivity contribution >= 4 is 12.6 Å². The Morgan fingerprint density at radius 2 is 2.00 bits per heavy atom. The lowest BCUT2D eigenvalue weighted by molar-refractivity contribution is 0.496. The molecule has 0 N–H and O–H groups in total. The molecule has 0 aromatic carbocycles. The average Bonchev–Trinajstić information content (AvgIpc) is 2.11. The van der Waals surface area contributed by atoms with Crippen LogP contribution in [0, 0.1) is 6.92 Å². The van der Waals surface area contributed by atoms with Gasteiger partial charge in [-0.15, -0.1) is 0 Å². The van der Waals surface area contributed by atoms with Crippen molar-refractivity contribution in [2.24, 2.45) is 7.05 Å². The first-order valence-corrected chi connectivity index (χ1v) is 3.12. The van der Waals surface area contributed by atoms with Crippen molar-refractivity contribution < 1.29 is 12.9 Å². The first-order valence-electron chi connectivity index (χ1n) is 3.12. The van der Waals surface area contributed by atoms with Gasteiger partial charge in [0, 0.05) is 18.3 Å². The molecule has 0 aliphatic heterocycles. The van der Waals surface area contributed by atoms with E-state index in [4.69, 9.17) is 0 Å². The molecular formula is C5H7BF3N2-. The third-order valence-electron chi connectivity index (χ3n) is 1.47. The van der Waals surface area contributed by atoms with Crippen molar-refractivity contribution in [3.05, 3.63) is 11.8 Å². The van der Waals surface area contributed by atoms with Gasteiger partial charge in [0.15, 0.2) is 0 Å². The predicted molar refractivity (Wildman–Crippen MR) is 36.7 cm³/mol. The first kappa shape index (κ1) is 8.16. The minimum atomic E-state index is -4.93. The Morgan fingerprint density at radius 1 is 1.45 bits per heavy atom. The molecule has 1 aromatic rings. The predicted octanol–water partition coefficient (Wildman–Crippen LogP) is 0.783. The number of nitrogens with zero attached hydrogens (tertiary/aromatic N) is 2. The summed E-state index contributed by atoms with van der Waals surface area (Å²) in [5, 5.41) is 3.30. The zero-order valence-corrected chi connectivity index (χ0v) is 6.18. The highest BCUT2D eigenvalue weighted by Crippen LogP contribution is 2.07. The second-order valence-electron chi connectivity index (χ2n) is 2.41. The molecule has 0 spiro atoms. The van der Waals surface area contributed by atoms with E-state index in [2.05, 4.69) is 5.10 Å². The molecule has 0 saturated heterocycles. The van der Waals surface area contributed by atoms with Crippen molar-refractivity contribution in [3.63, 3.8) is 0 Å². The monoisotopic (exact) mass is 163 g/mol. The van der Waals surface area contributed by atoms with E-state index < -0.39 is 12.6 Å². The molecule has 0 saturated carbocycles. The zero-order valence-electron chi connectivity index (χ0n) is 6.18. The van der Waals surface area contributed by atoms with Crippen LogP contribution in [0.5, 0.6) is 0 Å². The summed E-state index contributed by atoms with van der Waals surface area (Å²) in [7, 11) is 1.49. The van der Waals surface area contributed by atoms with E-state index in [-0.39, 0.29) is 0 Å². The third-order valence-corrected chi connectivity index (χ3v) is 1.47. The van der Waals surface area contributed by atoms with Gasteiger partial charge in [-0.25, -0.2) is 5.10 Å². The number of aryl methyl sites for hydroxylation is 2. The van der Waals surface area contributed by atoms with Crippen LogP contribution in [0.4, 0.5) is 12.9 Å². The Balaban J connectivity index is 3.08. The Hall–Kier alpha value is -0.935. The number of halogens is 3. The highest BCUT2D eigenvalue weighted by atomic mass is 19.4. The van der Waals surface area contributed by atoms with E-state index in [0.717, 1.165) is 6.07 Å². The van der Waals surface area contributed by atoms with E-state index >= 15 is 0 Å². The minimum absolute atomic E-state index is 0.513. The van der Waals surface area contributed by atoms with Gasteiger partial charge in [0.05, 0.1) is 0 Å². The van der Waals surface area contributed by atoms with Gasteiger partial charge in [0.2, 0.25) is 0 Å². The van der Waals surface area contributed by atoms with Gasteiger partial charge < -0.3 is 12.9 Å². The minimum Gasteiger partial charge on any atom is -0.444 e. The van der Waals surface area contributed by atoms with Gasteiger partial charge in [-0.3, -0.25) is 4.68 Å². The summed E-state index contributed by atoms with van der Waals surface area (Å²) in [4.78, 5) is 0. The van der Waals surface area contributed by atoms with Crippen LogP contribution in [0.15, 0.2) is 6.07 Å². The lowest BCUT2D eigenvalue weighted by Gasteiger charge is -2.08. The van der Waals surface area contributed by atoms with E-state index in [0.29, 0.717) is 5.69 Å². The maximum absolute atomic E-state index is 12.0. The van der Waals surface area contributed by atoms with Gasteiger partial charge in [-0.2, -0.15) is 0 Å². The Bertz CT molecular complexity index is 246. The fourth-order valence-corrected chi connectivity index (χ4v) is 0.748. The summed E-state index contributed by atoms with van der Waals surface area (Å²) in [6, 6.07) is 1.04. The summed E-state index contributed by atoms with van der Waals surface area (Å²) in [6.45, 7) is -3.35. The molecular weight excluding hydrogens is 156 g/mol. The van der Waals surface area contributed by atoms with E-state index in [1.807, 2.05) is 0 Å². The Labute approximate surface area is 62.1 Å². The van der Waals surface area contributed by atoms with Gasteiger partial charge in [0.25, 0.3) is 0 Å². The fourth-order valence-electron chi connectivity index (χ4n) is 0.748. The van der Waals surface area contributed by atoms with Gasteiger partial charge in [-0.05, 0) is 13.0 Å². The molecule has 2 nitrogen and oxygen atoms in total. The van der Waals surface area contributed by atoms with Crippen LogP contribution in [0.3, 0.4) is 0 Å². The molecule has 0 fully saturated rings. The first-order chi connectivity index (χ1) is 4.91. The number of hydrogen-bond donors (Lipinski definition) is 0. The molecule has 6 heteroatoms. The Morgan fingerprint density at radius 3 is 2.18 bits per heavy atom. The quantitative estimate of drug-likeness (QED) is 0.559. The van der Waals surface area contributed by atoms with Crippen LogP contribution >= 0.6 is 0 Å². The SMILES string of the molecule is Cc1cc([B-](F)(F)F)nn1C. The normalized spacial score (nSPS) is 12.1. The molecule has 1 rings (SSSR count). The van der Waals surface area contributed by atoms with Crippen molar-refractivity contribution in [2.75, 3.05) is 0 Å². The largest absolute Gasteiger partial charge is 0.529 e. The summed E-state index contributed by atoms with van der Waals surface area (Å²) >= 11 is 0. The van der Waals surface area contributed by atoms with E-state index in [1.54, 1.807) is 6.92 Å². The molecule has 0 unspecified atom stereocenters. The van der Waals surface area contributed by atoms with E-state index in [1.165, 1.54) is 11.7 Å². The van der Waals surface area contributed by atoms with Crippen LogP contribution < -0.4 is 5.59 Å². The van der Waals surface area contributed by atoms with Crippen LogP contribution in [0.1, 0.15) is 5.69 Å². The molecule has 0 aliphatic carbocycles. The van der Waals surface area contributed by atoms with Gasteiger partial charge >= 0.3 is 6.98 Å². The van der Waals surface area contributed by atoms with Crippen molar-refractivity contribution in [1.29, 1.82) is 0 Å². The Kier molecular flexibility index (Phi) is 1.70. The lowest BCUT2D eigenvalue weighted by atomic mass is 9.86. The molecule has 0 aliphatic rings. The number of rotatable bonds is 1. The topological polar surface area (TPSA) is 17.8 Å². The number of aromatic nitrogens is 2. The standard InChI is InChI=1S/C5H7BF3N2/c1-4-3-5(6(7,8)9)10-11(4)2/h3H,1-2H3/q-1. The average molecular weight is 163 g/mol. The van der Waals surface area contributed by atoms with Gasteiger partial charge in [0.1, 0.15) is 0 Å². The number of hydrogen-bond acceptors (Lipinski definition) is 1. The molecule has 0 amide bonds. The summed E-state index contributed by atoms with van der Waals surface area (Å²) in [5.41, 5.74) is -0.260.